The molecule has 0 amide bonds. The second-order valence-corrected chi connectivity index (χ2v) is 11.3. The molecule has 0 aliphatic carbocycles. The fourth-order valence-corrected chi connectivity index (χ4v) is 5.43. The maximum atomic E-state index is 13.8. The van der Waals surface area contributed by atoms with Crippen LogP contribution in [0, 0.1) is 0 Å². The molecule has 2 aromatic carbocycles. The number of hydrogen-bond acceptors (Lipinski definition) is 9. The number of benzene rings is 2. The van der Waals surface area contributed by atoms with E-state index in [1.807, 2.05) is 57.2 Å². The van der Waals surface area contributed by atoms with E-state index in [0.717, 1.165) is 36.1 Å². The molecule has 0 unspecified atom stereocenters. The molecule has 0 radical (unpaired) electrons. The smallest absolute Gasteiger partial charge is 0.253 e. The van der Waals surface area contributed by atoms with Gasteiger partial charge in [-0.05, 0) is 73.9 Å². The van der Waals surface area contributed by atoms with Crippen molar-refractivity contribution in [1.29, 1.82) is 0 Å². The quantitative estimate of drug-likeness (QED) is 0.352. The first kappa shape index (κ1) is 26.3. The van der Waals surface area contributed by atoms with Gasteiger partial charge in [-0.3, -0.25) is 9.69 Å². The number of H-pyrrole nitrogens is 1. The van der Waals surface area contributed by atoms with E-state index in [1.54, 1.807) is 17.9 Å². The predicted octanol–water partition coefficient (Wildman–Crippen LogP) is 3.78. The van der Waals surface area contributed by atoms with Gasteiger partial charge in [0.05, 0.1) is 24.3 Å². The third kappa shape index (κ3) is 5.14. The van der Waals surface area contributed by atoms with Gasteiger partial charge in [-0.2, -0.15) is 0 Å². The Morgan fingerprint density at radius 3 is 2.62 bits per heavy atom. The molecule has 2 aliphatic heterocycles. The molecule has 40 heavy (non-hydrogen) atoms. The van der Waals surface area contributed by atoms with Crippen molar-refractivity contribution in [2.45, 2.75) is 57.8 Å². The third-order valence-electron chi connectivity index (χ3n) is 7.41. The molecule has 2 atom stereocenters. The van der Waals surface area contributed by atoms with Crippen molar-refractivity contribution in [2.24, 2.45) is 0 Å². The van der Waals surface area contributed by atoms with Gasteiger partial charge in [0.1, 0.15) is 11.8 Å². The van der Waals surface area contributed by atoms with Crippen molar-refractivity contribution >= 4 is 10.9 Å². The standard InChI is InChI=1S/C29H34N6O5/c1-29(2,3)35-27(31-32-33-35)26(22-12-19-13-24-25(40-17-39-24)14-23(19)30-28(22)36)34(16-21-6-5-11-38-21)15-18-7-9-20(37-4)10-8-18/h7-10,12-14,21,26H,5-6,11,15-17H2,1-4H3,(H,30,36)/t21-,26-/m1/s1. The zero-order valence-electron chi connectivity index (χ0n) is 23.2. The van der Waals surface area contributed by atoms with Crippen LogP contribution in [-0.2, 0) is 16.8 Å². The number of methoxy groups -OCH3 is 1. The van der Waals surface area contributed by atoms with Crippen molar-refractivity contribution in [1.82, 2.24) is 30.1 Å². The molecule has 1 fully saturated rings. The molecule has 2 aromatic heterocycles. The lowest BCUT2D eigenvalue weighted by molar-refractivity contribution is 0.0564. The Bertz CT molecular complexity index is 1550. The first-order valence-electron chi connectivity index (χ1n) is 13.5. The van der Waals surface area contributed by atoms with Gasteiger partial charge in [0.25, 0.3) is 5.56 Å². The number of nitrogens with zero attached hydrogens (tertiary/aromatic N) is 5. The zero-order valence-corrected chi connectivity index (χ0v) is 23.2. The van der Waals surface area contributed by atoms with Gasteiger partial charge >= 0.3 is 0 Å². The van der Waals surface area contributed by atoms with E-state index in [-0.39, 0.29) is 18.5 Å². The van der Waals surface area contributed by atoms with Crippen LogP contribution in [0.1, 0.15) is 56.6 Å². The maximum absolute atomic E-state index is 13.8. The second-order valence-electron chi connectivity index (χ2n) is 11.3. The topological polar surface area (TPSA) is 117 Å². The van der Waals surface area contributed by atoms with Gasteiger partial charge in [-0.15, -0.1) is 5.10 Å². The van der Waals surface area contributed by atoms with Gasteiger partial charge in [0.15, 0.2) is 17.3 Å². The molecule has 210 valence electrons. The predicted molar refractivity (Wildman–Crippen MR) is 148 cm³/mol. The molecule has 0 spiro atoms. The molecule has 1 saturated heterocycles. The molecule has 0 saturated carbocycles. The Labute approximate surface area is 232 Å². The molecule has 4 aromatic rings. The molecule has 2 aliphatic rings. The molecule has 0 bridgehead atoms. The average Bonchev–Trinajstić information content (AvgIpc) is 3.70. The van der Waals surface area contributed by atoms with Crippen LogP contribution < -0.4 is 19.8 Å². The molecular weight excluding hydrogens is 512 g/mol. The summed E-state index contributed by atoms with van der Waals surface area (Å²) in [6.45, 7) is 8.17. The largest absolute Gasteiger partial charge is 0.497 e. The number of aromatic nitrogens is 5. The molecule has 4 heterocycles. The van der Waals surface area contributed by atoms with E-state index < -0.39 is 11.6 Å². The summed E-state index contributed by atoms with van der Waals surface area (Å²) in [5.74, 6) is 2.64. The number of nitrogens with one attached hydrogen (secondary N) is 1. The van der Waals surface area contributed by atoms with Crippen LogP contribution in [0.3, 0.4) is 0 Å². The highest BCUT2D eigenvalue weighted by molar-refractivity contribution is 5.83. The van der Waals surface area contributed by atoms with E-state index in [9.17, 15) is 4.79 Å². The van der Waals surface area contributed by atoms with Gasteiger partial charge in [-0.25, -0.2) is 4.68 Å². The van der Waals surface area contributed by atoms with Crippen LogP contribution in [0.5, 0.6) is 17.2 Å². The number of fused-ring (bicyclic) bond motifs is 2. The minimum Gasteiger partial charge on any atom is -0.497 e. The first-order valence-corrected chi connectivity index (χ1v) is 13.5. The fourth-order valence-electron chi connectivity index (χ4n) is 5.43. The van der Waals surface area contributed by atoms with E-state index in [4.69, 9.17) is 18.9 Å². The highest BCUT2D eigenvalue weighted by atomic mass is 16.7. The van der Waals surface area contributed by atoms with E-state index in [1.165, 1.54) is 0 Å². The molecule has 11 heteroatoms. The van der Waals surface area contributed by atoms with Crippen LogP contribution in [0.2, 0.25) is 0 Å². The van der Waals surface area contributed by atoms with Gasteiger partial charge < -0.3 is 23.9 Å². The summed E-state index contributed by atoms with van der Waals surface area (Å²) < 4.78 is 24.4. The van der Waals surface area contributed by atoms with E-state index in [0.29, 0.717) is 41.5 Å². The number of ether oxygens (including phenoxy) is 4. The Balaban J connectivity index is 1.51. The van der Waals surface area contributed by atoms with Gasteiger partial charge in [0, 0.05) is 36.7 Å². The van der Waals surface area contributed by atoms with Crippen LogP contribution in [-0.4, -0.2) is 63.2 Å². The first-order chi connectivity index (χ1) is 19.3. The lowest BCUT2D eigenvalue weighted by Gasteiger charge is -2.34. The van der Waals surface area contributed by atoms with Crippen molar-refractivity contribution in [3.8, 4) is 17.2 Å². The number of rotatable bonds is 8. The molecule has 11 nitrogen and oxygen atoms in total. The van der Waals surface area contributed by atoms with Crippen molar-refractivity contribution < 1.29 is 18.9 Å². The van der Waals surface area contributed by atoms with E-state index >= 15 is 0 Å². The third-order valence-corrected chi connectivity index (χ3v) is 7.41. The lowest BCUT2D eigenvalue weighted by Crippen LogP contribution is -2.40. The summed E-state index contributed by atoms with van der Waals surface area (Å²) in [6.07, 6.45) is 2.00. The summed E-state index contributed by atoms with van der Waals surface area (Å²) in [4.78, 5) is 19.1. The summed E-state index contributed by atoms with van der Waals surface area (Å²) in [6, 6.07) is 13.0. The monoisotopic (exact) mass is 546 g/mol. The summed E-state index contributed by atoms with van der Waals surface area (Å²) in [5, 5.41) is 13.7. The molecule has 6 rings (SSSR count). The minimum atomic E-state index is -0.556. The summed E-state index contributed by atoms with van der Waals surface area (Å²) in [5.41, 5.74) is 1.65. The normalized spacial score (nSPS) is 17.6. The lowest BCUT2D eigenvalue weighted by atomic mass is 10.00. The van der Waals surface area contributed by atoms with Crippen molar-refractivity contribution in [3.05, 3.63) is 69.8 Å². The second kappa shape index (κ2) is 10.5. The van der Waals surface area contributed by atoms with Gasteiger partial charge in [0.2, 0.25) is 6.79 Å². The molecular formula is C29H34N6O5. The Morgan fingerprint density at radius 2 is 1.93 bits per heavy atom. The van der Waals surface area contributed by atoms with Gasteiger partial charge in [-0.1, -0.05) is 12.1 Å². The number of tetrazole rings is 1. The summed E-state index contributed by atoms with van der Waals surface area (Å²) in [7, 11) is 1.65. The van der Waals surface area contributed by atoms with Crippen LogP contribution >= 0.6 is 0 Å². The number of aromatic amines is 1. The highest BCUT2D eigenvalue weighted by Gasteiger charge is 2.35. The van der Waals surface area contributed by atoms with Crippen LogP contribution in [0.4, 0.5) is 0 Å². The van der Waals surface area contributed by atoms with Crippen LogP contribution in [0.25, 0.3) is 10.9 Å². The average molecular weight is 547 g/mol. The minimum absolute atomic E-state index is 0.0353. The SMILES string of the molecule is COc1ccc(CN(C[C@H]2CCCO2)[C@H](c2cc3cc4c(cc3[nH]c2=O)OCO4)c2nnnn2C(C)(C)C)cc1. The fraction of sp³-hybridized carbons (Fsp3) is 0.448. The van der Waals surface area contributed by atoms with Crippen molar-refractivity contribution in [3.63, 3.8) is 0 Å². The Kier molecular flexibility index (Phi) is 6.93. The van der Waals surface area contributed by atoms with E-state index in [2.05, 4.69) is 25.4 Å². The van der Waals surface area contributed by atoms with Crippen LogP contribution in [0.15, 0.2) is 47.3 Å². The maximum Gasteiger partial charge on any atom is 0.253 e. The number of pyridine rings is 1. The Morgan fingerprint density at radius 1 is 1.15 bits per heavy atom. The van der Waals surface area contributed by atoms with Crippen molar-refractivity contribution in [2.75, 3.05) is 27.1 Å². The molecule has 1 N–H and O–H groups in total. The summed E-state index contributed by atoms with van der Waals surface area (Å²) >= 11 is 0. The zero-order chi connectivity index (χ0) is 27.9. The Hall–Kier alpha value is -3.96. The highest BCUT2D eigenvalue weighted by Crippen LogP contribution is 2.37. The number of hydrogen-bond donors (Lipinski definition) is 1.